The van der Waals surface area contributed by atoms with Gasteiger partial charge >= 0.3 is 12.2 Å². The quantitative estimate of drug-likeness (QED) is 0.727. The predicted octanol–water partition coefficient (Wildman–Crippen LogP) is 3.67. The summed E-state index contributed by atoms with van der Waals surface area (Å²) in [4.78, 5) is 20.5. The Hall–Kier alpha value is -2.81. The lowest BCUT2D eigenvalue weighted by molar-refractivity contribution is -0.137. The Kier molecular flexibility index (Phi) is 7.37. The van der Waals surface area contributed by atoms with Gasteiger partial charge in [0.15, 0.2) is 0 Å². The number of hydrogen-bond donors (Lipinski definition) is 2. The fourth-order valence-corrected chi connectivity index (χ4v) is 3.66. The van der Waals surface area contributed by atoms with Crippen molar-refractivity contribution in [3.05, 3.63) is 59.8 Å². The van der Waals surface area contributed by atoms with E-state index in [0.29, 0.717) is 38.3 Å². The molecule has 0 aliphatic carbocycles. The van der Waals surface area contributed by atoms with Crippen LogP contribution in [0.15, 0.2) is 48.7 Å². The molecule has 1 aliphatic rings. The van der Waals surface area contributed by atoms with E-state index in [4.69, 9.17) is 0 Å². The molecule has 6 nitrogen and oxygen atoms in total. The van der Waals surface area contributed by atoms with Crippen LogP contribution in [-0.4, -0.2) is 55.7 Å². The normalized spacial score (nSPS) is 16.3. The van der Waals surface area contributed by atoms with E-state index in [2.05, 4.69) is 15.6 Å². The van der Waals surface area contributed by atoms with E-state index in [0.717, 1.165) is 17.8 Å². The predicted molar refractivity (Wildman–Crippen MR) is 114 cm³/mol. The Morgan fingerprint density at radius 2 is 1.84 bits per heavy atom. The van der Waals surface area contributed by atoms with Crippen molar-refractivity contribution in [3.8, 4) is 0 Å². The number of carbonyl (C=O) groups excluding carboxylic acids is 1. The molecular formula is C22H28F3N5O. The summed E-state index contributed by atoms with van der Waals surface area (Å²) in [6.45, 7) is 1.90. The maximum absolute atomic E-state index is 12.7. The van der Waals surface area contributed by atoms with Crippen LogP contribution in [-0.2, 0) is 6.18 Å². The Morgan fingerprint density at radius 3 is 2.39 bits per heavy atom. The number of nitrogens with one attached hydrogen (secondary N) is 2. The van der Waals surface area contributed by atoms with E-state index in [1.807, 2.05) is 54.2 Å². The van der Waals surface area contributed by atoms with E-state index in [1.165, 1.54) is 6.07 Å². The van der Waals surface area contributed by atoms with Crippen molar-refractivity contribution in [3.63, 3.8) is 0 Å². The summed E-state index contributed by atoms with van der Waals surface area (Å²) in [7, 11) is 3.92. The second kappa shape index (κ2) is 10.00. The van der Waals surface area contributed by atoms with Crippen molar-refractivity contribution in [2.45, 2.75) is 31.1 Å². The Labute approximate surface area is 180 Å². The van der Waals surface area contributed by atoms with Gasteiger partial charge in [-0.3, -0.25) is 0 Å². The zero-order valence-electron chi connectivity index (χ0n) is 17.7. The number of hydrogen-bond acceptors (Lipinski definition) is 4. The number of piperidine rings is 1. The van der Waals surface area contributed by atoms with Crippen LogP contribution in [0.2, 0.25) is 0 Å². The Balaban J connectivity index is 1.51. The first-order valence-electron chi connectivity index (χ1n) is 10.3. The highest BCUT2D eigenvalue weighted by molar-refractivity contribution is 5.74. The molecule has 2 aromatic rings. The lowest BCUT2D eigenvalue weighted by Crippen LogP contribution is -2.49. The zero-order chi connectivity index (χ0) is 22.4. The summed E-state index contributed by atoms with van der Waals surface area (Å²) >= 11 is 0. The van der Waals surface area contributed by atoms with Gasteiger partial charge in [-0.15, -0.1) is 0 Å². The lowest BCUT2D eigenvalue weighted by atomic mass is 10.0. The third kappa shape index (κ3) is 6.58. The molecule has 0 radical (unpaired) electrons. The zero-order valence-corrected chi connectivity index (χ0v) is 17.7. The average Bonchev–Trinajstić information content (AvgIpc) is 2.73. The summed E-state index contributed by atoms with van der Waals surface area (Å²) in [6.07, 6.45) is -2.14. The molecule has 1 aromatic heterocycles. The summed E-state index contributed by atoms with van der Waals surface area (Å²) in [6, 6.07) is 11.9. The minimum Gasteiger partial charge on any atom is -0.356 e. The van der Waals surface area contributed by atoms with E-state index >= 15 is 0 Å². The maximum Gasteiger partial charge on any atom is 0.417 e. The van der Waals surface area contributed by atoms with Gasteiger partial charge < -0.3 is 20.4 Å². The number of pyridine rings is 1. The molecule has 0 spiro atoms. The largest absolute Gasteiger partial charge is 0.417 e. The van der Waals surface area contributed by atoms with Crippen LogP contribution in [0.5, 0.6) is 0 Å². The number of carbonyl (C=O) groups is 1. The summed E-state index contributed by atoms with van der Waals surface area (Å²) in [5.41, 5.74) is 0.282. The highest BCUT2D eigenvalue weighted by Crippen LogP contribution is 2.29. The molecule has 2 amide bonds. The molecule has 1 saturated heterocycles. The van der Waals surface area contributed by atoms with Gasteiger partial charge in [-0.25, -0.2) is 9.78 Å². The lowest BCUT2D eigenvalue weighted by Gasteiger charge is -2.33. The summed E-state index contributed by atoms with van der Waals surface area (Å²) in [5, 5.41) is 6.08. The number of rotatable bonds is 6. The monoisotopic (exact) mass is 435 g/mol. The summed E-state index contributed by atoms with van der Waals surface area (Å²) in [5.74, 6) is 0.519. The molecule has 1 atom stereocenters. The number of likely N-dealkylation sites (N-methyl/N-ethyl adjacent to an activating group) is 1. The molecule has 1 aliphatic heterocycles. The van der Waals surface area contributed by atoms with Crippen molar-refractivity contribution >= 4 is 11.8 Å². The molecule has 0 saturated carbocycles. The maximum atomic E-state index is 12.7. The number of aromatic nitrogens is 1. The van der Waals surface area contributed by atoms with Gasteiger partial charge in [-0.05, 0) is 44.6 Å². The van der Waals surface area contributed by atoms with Gasteiger partial charge in [0.25, 0.3) is 0 Å². The molecular weight excluding hydrogens is 407 g/mol. The van der Waals surface area contributed by atoms with Crippen LogP contribution < -0.4 is 15.5 Å². The smallest absolute Gasteiger partial charge is 0.356 e. The fourth-order valence-electron chi connectivity index (χ4n) is 3.66. The second-order valence-corrected chi connectivity index (χ2v) is 8.01. The topological polar surface area (TPSA) is 60.5 Å². The SMILES string of the molecule is CN(C)CC(NC(=O)NC1CCN(c2ccc(C(F)(F)F)cn2)CC1)c1ccccc1. The number of amides is 2. The Bertz CT molecular complexity index is 834. The highest BCUT2D eigenvalue weighted by Gasteiger charge is 2.31. The van der Waals surface area contributed by atoms with Gasteiger partial charge in [-0.2, -0.15) is 13.2 Å². The van der Waals surface area contributed by atoms with Crippen LogP contribution in [0.25, 0.3) is 0 Å². The van der Waals surface area contributed by atoms with Gasteiger partial charge in [0.1, 0.15) is 5.82 Å². The van der Waals surface area contributed by atoms with Gasteiger partial charge in [0.2, 0.25) is 0 Å². The van der Waals surface area contributed by atoms with Gasteiger partial charge in [0, 0.05) is 31.9 Å². The number of nitrogens with zero attached hydrogens (tertiary/aromatic N) is 3. The first-order chi connectivity index (χ1) is 14.7. The van der Waals surface area contributed by atoms with Gasteiger partial charge in [-0.1, -0.05) is 30.3 Å². The Morgan fingerprint density at radius 1 is 1.16 bits per heavy atom. The van der Waals surface area contributed by atoms with Crippen molar-refractivity contribution in [1.29, 1.82) is 0 Å². The molecule has 168 valence electrons. The molecule has 2 heterocycles. The van der Waals surface area contributed by atoms with E-state index in [9.17, 15) is 18.0 Å². The first kappa shape index (κ1) is 22.9. The highest BCUT2D eigenvalue weighted by atomic mass is 19.4. The molecule has 9 heteroatoms. The number of anilines is 1. The molecule has 1 unspecified atom stereocenters. The number of benzene rings is 1. The number of urea groups is 1. The van der Waals surface area contributed by atoms with E-state index in [-0.39, 0.29) is 18.1 Å². The average molecular weight is 435 g/mol. The van der Waals surface area contributed by atoms with Crippen LogP contribution in [0, 0.1) is 0 Å². The molecule has 31 heavy (non-hydrogen) atoms. The summed E-state index contributed by atoms with van der Waals surface area (Å²) < 4.78 is 38.1. The second-order valence-electron chi connectivity index (χ2n) is 8.01. The molecule has 3 rings (SSSR count). The third-order valence-corrected chi connectivity index (χ3v) is 5.28. The van der Waals surface area contributed by atoms with Crippen LogP contribution in [0.3, 0.4) is 0 Å². The van der Waals surface area contributed by atoms with Crippen LogP contribution in [0.1, 0.15) is 30.0 Å². The van der Waals surface area contributed by atoms with Crippen molar-refractivity contribution < 1.29 is 18.0 Å². The molecule has 1 aromatic carbocycles. The van der Waals surface area contributed by atoms with Crippen molar-refractivity contribution in [2.24, 2.45) is 0 Å². The standard InChI is InChI=1S/C22H28F3N5O/c1-29(2)15-19(16-6-4-3-5-7-16)28-21(31)27-18-10-12-30(13-11-18)20-9-8-17(14-26-20)22(23,24)25/h3-9,14,18-19H,10-13,15H2,1-2H3,(H2,27,28,31). The minimum absolute atomic E-state index is 0.00137. The van der Waals surface area contributed by atoms with E-state index in [1.54, 1.807) is 0 Å². The van der Waals surface area contributed by atoms with Crippen LogP contribution in [0.4, 0.5) is 23.8 Å². The van der Waals surface area contributed by atoms with E-state index < -0.39 is 11.7 Å². The molecule has 2 N–H and O–H groups in total. The number of alkyl halides is 3. The fraction of sp³-hybridized carbons (Fsp3) is 0.455. The first-order valence-corrected chi connectivity index (χ1v) is 10.3. The number of halogens is 3. The van der Waals surface area contributed by atoms with Crippen molar-refractivity contribution in [2.75, 3.05) is 38.6 Å². The van der Waals surface area contributed by atoms with Crippen LogP contribution >= 0.6 is 0 Å². The molecule has 0 bridgehead atoms. The van der Waals surface area contributed by atoms with Gasteiger partial charge in [0.05, 0.1) is 11.6 Å². The van der Waals surface area contributed by atoms with Crippen molar-refractivity contribution in [1.82, 2.24) is 20.5 Å². The molecule has 1 fully saturated rings. The third-order valence-electron chi connectivity index (χ3n) is 5.28. The minimum atomic E-state index is -4.39.